The van der Waals surface area contributed by atoms with Crippen molar-refractivity contribution in [2.75, 3.05) is 22.1 Å². The molecule has 2 aliphatic heterocycles. The average Bonchev–Trinajstić information content (AvgIpc) is 3.07. The van der Waals surface area contributed by atoms with Crippen LogP contribution in [-0.4, -0.2) is 51.1 Å². The van der Waals surface area contributed by atoms with Crippen LogP contribution in [0.3, 0.4) is 0 Å². The number of aliphatic hydroxyl groups is 1. The van der Waals surface area contributed by atoms with Crippen molar-refractivity contribution >= 4 is 41.4 Å². The number of aryl methyl sites for hydroxylation is 1. The van der Waals surface area contributed by atoms with Crippen molar-refractivity contribution in [2.24, 2.45) is 0 Å². The normalized spacial score (nSPS) is 21.4. The second-order valence-electron chi connectivity index (χ2n) is 7.30. The summed E-state index contributed by atoms with van der Waals surface area (Å²) in [6.45, 7) is 5.91. The molecule has 3 atom stereocenters. The highest BCUT2D eigenvalue weighted by molar-refractivity contribution is 6.30. The SMILES string of the molecule is CC[C@H]1COC(=O)N1c1nc(C)nc(N[C@@H](C)C2=Cc3cc(Cl)ccc3NC2O)n1. The van der Waals surface area contributed by atoms with Crippen molar-refractivity contribution in [1.82, 2.24) is 15.0 Å². The molecule has 30 heavy (non-hydrogen) atoms. The monoisotopic (exact) mass is 430 g/mol. The van der Waals surface area contributed by atoms with E-state index in [1.54, 1.807) is 13.0 Å². The Labute approximate surface area is 179 Å². The van der Waals surface area contributed by atoms with E-state index in [9.17, 15) is 9.90 Å². The number of carbonyl (C=O) groups excluding carboxylic acids is 1. The first-order valence-electron chi connectivity index (χ1n) is 9.76. The number of anilines is 3. The van der Waals surface area contributed by atoms with Gasteiger partial charge in [0.05, 0.1) is 12.1 Å². The number of halogens is 1. The zero-order chi connectivity index (χ0) is 21.4. The molecule has 3 heterocycles. The van der Waals surface area contributed by atoms with Crippen LogP contribution in [0.15, 0.2) is 23.8 Å². The van der Waals surface area contributed by atoms with Crippen molar-refractivity contribution in [3.8, 4) is 0 Å². The topological polar surface area (TPSA) is 112 Å². The number of nitrogens with one attached hydrogen (secondary N) is 2. The molecule has 1 fully saturated rings. The van der Waals surface area contributed by atoms with Crippen molar-refractivity contribution in [2.45, 2.75) is 45.5 Å². The fraction of sp³-hybridized carbons (Fsp3) is 0.400. The number of amides is 1. The van der Waals surface area contributed by atoms with Gasteiger partial charge in [-0.25, -0.2) is 9.69 Å². The first-order chi connectivity index (χ1) is 14.4. The number of hydrogen-bond donors (Lipinski definition) is 3. The van der Waals surface area contributed by atoms with Crippen LogP contribution in [0.4, 0.5) is 22.4 Å². The number of cyclic esters (lactones) is 1. The number of aromatic nitrogens is 3. The molecule has 3 N–H and O–H groups in total. The predicted molar refractivity (Wildman–Crippen MR) is 115 cm³/mol. The lowest BCUT2D eigenvalue weighted by Gasteiger charge is -2.28. The maximum absolute atomic E-state index is 12.1. The summed E-state index contributed by atoms with van der Waals surface area (Å²) in [7, 11) is 0. The number of carbonyl (C=O) groups is 1. The quantitative estimate of drug-likeness (QED) is 0.662. The predicted octanol–water partition coefficient (Wildman–Crippen LogP) is 3.20. The van der Waals surface area contributed by atoms with E-state index in [2.05, 4.69) is 25.6 Å². The van der Waals surface area contributed by atoms with E-state index in [0.29, 0.717) is 29.0 Å². The molecule has 2 aromatic rings. The molecule has 10 heteroatoms. The molecule has 2 aliphatic rings. The molecule has 0 saturated carbocycles. The molecule has 1 unspecified atom stereocenters. The van der Waals surface area contributed by atoms with Crippen LogP contribution in [0.5, 0.6) is 0 Å². The lowest BCUT2D eigenvalue weighted by atomic mass is 9.98. The highest BCUT2D eigenvalue weighted by Crippen LogP contribution is 2.31. The Bertz CT molecular complexity index is 1010. The van der Waals surface area contributed by atoms with Crippen molar-refractivity contribution in [3.63, 3.8) is 0 Å². The van der Waals surface area contributed by atoms with Crippen LogP contribution in [0.2, 0.25) is 5.02 Å². The Morgan fingerprint density at radius 2 is 2.20 bits per heavy atom. The fourth-order valence-electron chi connectivity index (χ4n) is 3.56. The van der Waals surface area contributed by atoms with Gasteiger partial charge in [-0.1, -0.05) is 18.5 Å². The van der Waals surface area contributed by atoms with E-state index in [0.717, 1.165) is 17.7 Å². The summed E-state index contributed by atoms with van der Waals surface area (Å²) in [5.74, 6) is 1.03. The smallest absolute Gasteiger partial charge is 0.417 e. The number of nitrogens with zero attached hydrogens (tertiary/aromatic N) is 4. The van der Waals surface area contributed by atoms with E-state index in [-0.39, 0.29) is 18.0 Å². The second-order valence-corrected chi connectivity index (χ2v) is 7.74. The van der Waals surface area contributed by atoms with Gasteiger partial charge in [0.2, 0.25) is 11.9 Å². The molecule has 9 nitrogen and oxygen atoms in total. The number of hydrogen-bond acceptors (Lipinski definition) is 8. The largest absolute Gasteiger partial charge is 0.447 e. The highest BCUT2D eigenvalue weighted by atomic mass is 35.5. The van der Waals surface area contributed by atoms with Crippen LogP contribution in [0.1, 0.15) is 31.7 Å². The van der Waals surface area contributed by atoms with Gasteiger partial charge in [-0.15, -0.1) is 0 Å². The zero-order valence-corrected chi connectivity index (χ0v) is 17.6. The first-order valence-corrected chi connectivity index (χ1v) is 10.1. The van der Waals surface area contributed by atoms with Gasteiger partial charge in [-0.2, -0.15) is 15.0 Å². The molecule has 0 aliphatic carbocycles. The summed E-state index contributed by atoms with van der Waals surface area (Å²) in [6.07, 6.45) is 1.28. The number of aliphatic hydroxyl groups excluding tert-OH is 1. The molecular weight excluding hydrogens is 408 g/mol. The Balaban J connectivity index is 1.60. The van der Waals surface area contributed by atoms with Crippen LogP contribution >= 0.6 is 11.6 Å². The zero-order valence-electron chi connectivity index (χ0n) is 16.9. The van der Waals surface area contributed by atoms with Crippen LogP contribution < -0.4 is 15.5 Å². The van der Waals surface area contributed by atoms with Crippen LogP contribution in [0, 0.1) is 6.92 Å². The van der Waals surface area contributed by atoms with E-state index < -0.39 is 12.3 Å². The first kappa shape index (κ1) is 20.4. The van der Waals surface area contributed by atoms with Gasteiger partial charge in [0.15, 0.2) is 0 Å². The van der Waals surface area contributed by atoms with Gasteiger partial charge in [0.1, 0.15) is 18.7 Å². The molecule has 158 valence electrons. The van der Waals surface area contributed by atoms with Crippen molar-refractivity contribution in [3.05, 3.63) is 40.2 Å². The van der Waals surface area contributed by atoms with Crippen LogP contribution in [-0.2, 0) is 4.74 Å². The van der Waals surface area contributed by atoms with Gasteiger partial charge in [0, 0.05) is 16.3 Å². The molecule has 1 amide bonds. The molecule has 0 radical (unpaired) electrons. The standard InChI is InChI=1S/C20H23ClN6O3/c1-4-14-9-30-20(29)27(14)19-24-11(3)23-18(26-19)22-10(2)15-8-12-7-13(21)5-6-16(12)25-17(15)28/h5-8,10,14,17,25,28H,4,9H2,1-3H3,(H,22,23,24,26)/t10-,14-,17?/m0/s1. The van der Waals surface area contributed by atoms with E-state index in [1.807, 2.05) is 32.1 Å². The Morgan fingerprint density at radius 1 is 1.40 bits per heavy atom. The third-order valence-electron chi connectivity index (χ3n) is 5.17. The summed E-state index contributed by atoms with van der Waals surface area (Å²) < 4.78 is 5.14. The Kier molecular flexibility index (Phi) is 5.48. The van der Waals surface area contributed by atoms with Gasteiger partial charge >= 0.3 is 6.09 Å². The minimum absolute atomic E-state index is 0.113. The summed E-state index contributed by atoms with van der Waals surface area (Å²) in [5.41, 5.74) is 2.39. The number of fused-ring (bicyclic) bond motifs is 1. The van der Waals surface area contributed by atoms with Gasteiger partial charge in [-0.05, 0) is 50.1 Å². The fourth-order valence-corrected chi connectivity index (χ4v) is 3.74. The minimum atomic E-state index is -0.874. The maximum atomic E-state index is 12.1. The van der Waals surface area contributed by atoms with E-state index in [4.69, 9.17) is 16.3 Å². The lowest BCUT2D eigenvalue weighted by Crippen LogP contribution is -2.36. The summed E-state index contributed by atoms with van der Waals surface area (Å²) in [5, 5.41) is 17.4. The summed E-state index contributed by atoms with van der Waals surface area (Å²) in [4.78, 5) is 26.7. The molecule has 0 spiro atoms. The molecule has 0 bridgehead atoms. The van der Waals surface area contributed by atoms with Gasteiger partial charge < -0.3 is 20.5 Å². The van der Waals surface area contributed by atoms with Gasteiger partial charge in [0.25, 0.3) is 0 Å². The number of ether oxygens (including phenoxy) is 1. The second kappa shape index (κ2) is 8.08. The van der Waals surface area contributed by atoms with Crippen molar-refractivity contribution < 1.29 is 14.6 Å². The maximum Gasteiger partial charge on any atom is 0.417 e. The third-order valence-corrected chi connectivity index (χ3v) is 5.41. The van der Waals surface area contributed by atoms with Crippen molar-refractivity contribution in [1.29, 1.82) is 0 Å². The molecule has 1 saturated heterocycles. The Hall–Kier alpha value is -2.91. The lowest BCUT2D eigenvalue weighted by molar-refractivity contribution is 0.178. The molecular formula is C20H23ClN6O3. The van der Waals surface area contributed by atoms with Gasteiger partial charge in [-0.3, -0.25) is 0 Å². The summed E-state index contributed by atoms with van der Waals surface area (Å²) >= 11 is 6.10. The molecule has 4 rings (SSSR count). The number of rotatable bonds is 5. The van der Waals surface area contributed by atoms with Crippen LogP contribution in [0.25, 0.3) is 6.08 Å². The molecule has 1 aromatic carbocycles. The third kappa shape index (κ3) is 3.90. The molecule has 1 aromatic heterocycles. The highest BCUT2D eigenvalue weighted by Gasteiger charge is 2.35. The van der Waals surface area contributed by atoms with E-state index >= 15 is 0 Å². The summed E-state index contributed by atoms with van der Waals surface area (Å²) in [6, 6.07) is 5.01. The average molecular weight is 431 g/mol. The minimum Gasteiger partial charge on any atom is -0.447 e. The van der Waals surface area contributed by atoms with E-state index in [1.165, 1.54) is 4.90 Å². The Morgan fingerprint density at radius 3 is 2.97 bits per heavy atom. The number of benzene rings is 1.